The first kappa shape index (κ1) is 18.6. The molecule has 2 aliphatic heterocycles. The van der Waals surface area contributed by atoms with Crippen LogP contribution in [0, 0.1) is 31.0 Å². The number of hydrogen-bond donors (Lipinski definition) is 0. The van der Waals surface area contributed by atoms with Gasteiger partial charge in [-0.15, -0.1) is 0 Å². The monoisotopic (exact) mass is 393 g/mol. The molecular weight excluding hydrogens is 373 g/mol. The van der Waals surface area contributed by atoms with Crippen molar-refractivity contribution >= 4 is 23.4 Å². The summed E-state index contributed by atoms with van der Waals surface area (Å²) >= 11 is 1.49. The average molecular weight is 393 g/mol. The molecule has 4 rings (SSSR count). The standard InChI is InChI=1S/C22H20FN3OS/c1-14-6-7-18(8-15(14)2)25-12-26-21(27)10-19(16-4-3-5-17(23)9-16)20(11-24)22(26)28-13-25/h3-9,19H,10,12-13H2,1-2H3. The fraction of sp³-hybridized carbons (Fsp3) is 0.273. The summed E-state index contributed by atoms with van der Waals surface area (Å²) in [5.41, 5.74) is 4.72. The Labute approximate surface area is 168 Å². The third kappa shape index (κ3) is 3.27. The molecule has 2 aromatic rings. The number of carbonyl (C=O) groups excluding carboxylic acids is 1. The largest absolute Gasteiger partial charge is 0.344 e. The maximum Gasteiger partial charge on any atom is 0.229 e. The van der Waals surface area contributed by atoms with Crippen molar-refractivity contribution in [2.45, 2.75) is 26.2 Å². The van der Waals surface area contributed by atoms with Crippen molar-refractivity contribution in [3.8, 4) is 6.07 Å². The number of hydrogen-bond acceptors (Lipinski definition) is 4. The first-order valence-corrected chi connectivity index (χ1v) is 10.1. The van der Waals surface area contributed by atoms with Crippen LogP contribution in [-0.4, -0.2) is 23.4 Å². The van der Waals surface area contributed by atoms with Gasteiger partial charge in [0.15, 0.2) is 0 Å². The van der Waals surface area contributed by atoms with E-state index in [4.69, 9.17) is 0 Å². The van der Waals surface area contributed by atoms with Crippen LogP contribution in [0.4, 0.5) is 10.1 Å². The molecule has 142 valence electrons. The Morgan fingerprint density at radius 2 is 2.00 bits per heavy atom. The Balaban J connectivity index is 1.67. The minimum atomic E-state index is -0.389. The van der Waals surface area contributed by atoms with Gasteiger partial charge >= 0.3 is 0 Å². The highest BCUT2D eigenvalue weighted by Gasteiger charge is 2.38. The molecule has 6 heteroatoms. The zero-order valence-corrected chi connectivity index (χ0v) is 16.6. The third-order valence-electron chi connectivity index (χ3n) is 5.40. The molecule has 4 nitrogen and oxygen atoms in total. The second kappa shape index (κ2) is 7.33. The van der Waals surface area contributed by atoms with Gasteiger partial charge in [0, 0.05) is 18.0 Å². The molecule has 0 N–H and O–H groups in total. The minimum Gasteiger partial charge on any atom is -0.344 e. The van der Waals surface area contributed by atoms with Crippen LogP contribution in [0.2, 0.25) is 0 Å². The van der Waals surface area contributed by atoms with Gasteiger partial charge in [0.25, 0.3) is 0 Å². The fourth-order valence-corrected chi connectivity index (χ4v) is 4.82. The summed E-state index contributed by atoms with van der Waals surface area (Å²) in [5.74, 6) is -0.126. The van der Waals surface area contributed by atoms with Crippen molar-refractivity contribution in [2.75, 3.05) is 17.4 Å². The molecule has 2 aliphatic rings. The van der Waals surface area contributed by atoms with E-state index >= 15 is 0 Å². The molecule has 0 spiro atoms. The molecule has 2 heterocycles. The number of carbonyl (C=O) groups is 1. The number of allylic oxidation sites excluding steroid dienone is 1. The van der Waals surface area contributed by atoms with E-state index in [1.807, 2.05) is 0 Å². The Bertz CT molecular complexity index is 1030. The van der Waals surface area contributed by atoms with Crippen molar-refractivity contribution in [1.82, 2.24) is 4.90 Å². The Morgan fingerprint density at radius 3 is 2.71 bits per heavy atom. The van der Waals surface area contributed by atoms with Crippen LogP contribution >= 0.6 is 11.8 Å². The van der Waals surface area contributed by atoms with Crippen molar-refractivity contribution in [1.29, 1.82) is 5.26 Å². The summed E-state index contributed by atoms with van der Waals surface area (Å²) in [5, 5.41) is 10.5. The van der Waals surface area contributed by atoms with Gasteiger partial charge in [-0.3, -0.25) is 9.69 Å². The van der Waals surface area contributed by atoms with E-state index in [2.05, 4.69) is 43.0 Å². The second-order valence-electron chi connectivity index (χ2n) is 7.19. The van der Waals surface area contributed by atoms with E-state index in [9.17, 15) is 14.4 Å². The van der Waals surface area contributed by atoms with Gasteiger partial charge in [0.05, 0.1) is 29.2 Å². The van der Waals surface area contributed by atoms with E-state index in [1.165, 1.54) is 35.0 Å². The van der Waals surface area contributed by atoms with Crippen molar-refractivity contribution in [2.24, 2.45) is 0 Å². The Hall–Kier alpha value is -2.78. The second-order valence-corrected chi connectivity index (χ2v) is 8.12. The SMILES string of the molecule is Cc1ccc(N2CSC3=C(C#N)C(c4cccc(F)c4)CC(=O)N3C2)cc1C. The van der Waals surface area contributed by atoms with Crippen LogP contribution < -0.4 is 4.90 Å². The van der Waals surface area contributed by atoms with E-state index < -0.39 is 0 Å². The molecule has 1 unspecified atom stereocenters. The fourth-order valence-electron chi connectivity index (χ4n) is 3.66. The molecule has 2 aromatic carbocycles. The lowest BCUT2D eigenvalue weighted by molar-refractivity contribution is -0.129. The van der Waals surface area contributed by atoms with Crippen LogP contribution in [0.25, 0.3) is 0 Å². The van der Waals surface area contributed by atoms with Crippen molar-refractivity contribution in [3.05, 3.63) is 75.6 Å². The highest BCUT2D eigenvalue weighted by molar-refractivity contribution is 8.03. The topological polar surface area (TPSA) is 47.3 Å². The van der Waals surface area contributed by atoms with Gasteiger partial charge in [-0.2, -0.15) is 5.26 Å². The number of nitriles is 1. The third-order valence-corrected chi connectivity index (χ3v) is 6.55. The molecule has 1 amide bonds. The molecule has 1 saturated heterocycles. The molecule has 1 fully saturated rings. The van der Waals surface area contributed by atoms with E-state index in [0.717, 1.165) is 5.69 Å². The number of thioether (sulfide) groups is 1. The van der Waals surface area contributed by atoms with Gasteiger partial charge in [-0.05, 0) is 54.8 Å². The summed E-state index contributed by atoms with van der Waals surface area (Å²) in [6.45, 7) is 4.57. The number of rotatable bonds is 2. The summed E-state index contributed by atoms with van der Waals surface area (Å²) in [4.78, 5) is 16.7. The summed E-state index contributed by atoms with van der Waals surface area (Å²) in [6.07, 6.45) is 0.178. The normalized spacial score (nSPS) is 19.5. The number of amides is 1. The smallest absolute Gasteiger partial charge is 0.229 e. The van der Waals surface area contributed by atoms with Gasteiger partial charge in [-0.25, -0.2) is 4.39 Å². The zero-order chi connectivity index (χ0) is 19.8. The number of nitrogens with zero attached hydrogens (tertiary/aromatic N) is 3. The van der Waals surface area contributed by atoms with Crippen molar-refractivity contribution in [3.63, 3.8) is 0 Å². The van der Waals surface area contributed by atoms with Gasteiger partial charge in [-0.1, -0.05) is 30.0 Å². The Kier molecular flexibility index (Phi) is 4.86. The van der Waals surface area contributed by atoms with Crippen molar-refractivity contribution < 1.29 is 9.18 Å². The Morgan fingerprint density at radius 1 is 1.18 bits per heavy atom. The summed E-state index contributed by atoms with van der Waals surface area (Å²) in [6, 6.07) is 14.7. The lowest BCUT2D eigenvalue weighted by atomic mass is 9.86. The van der Waals surface area contributed by atoms with E-state index in [0.29, 0.717) is 28.7 Å². The first-order valence-electron chi connectivity index (χ1n) is 9.13. The van der Waals surface area contributed by atoms with E-state index in [1.54, 1.807) is 17.0 Å². The summed E-state index contributed by atoms with van der Waals surface area (Å²) in [7, 11) is 0. The van der Waals surface area contributed by atoms with Crippen LogP contribution in [0.3, 0.4) is 0 Å². The molecule has 28 heavy (non-hydrogen) atoms. The quantitative estimate of drug-likeness (QED) is 0.744. The van der Waals surface area contributed by atoms with Crippen LogP contribution in [0.15, 0.2) is 53.1 Å². The molecule has 0 radical (unpaired) electrons. The molecule has 0 aromatic heterocycles. The average Bonchev–Trinajstić information content (AvgIpc) is 2.70. The van der Waals surface area contributed by atoms with E-state index in [-0.39, 0.29) is 24.1 Å². The number of fused-ring (bicyclic) bond motifs is 1. The van der Waals surface area contributed by atoms with Gasteiger partial charge < -0.3 is 4.90 Å². The highest BCUT2D eigenvalue weighted by atomic mass is 32.2. The van der Waals surface area contributed by atoms with Gasteiger partial charge in [0.2, 0.25) is 5.91 Å². The highest BCUT2D eigenvalue weighted by Crippen LogP contribution is 2.43. The first-order chi connectivity index (χ1) is 13.5. The number of halogens is 1. The number of anilines is 1. The molecule has 0 aliphatic carbocycles. The lowest BCUT2D eigenvalue weighted by Gasteiger charge is -2.42. The minimum absolute atomic E-state index is 0.0377. The maximum atomic E-state index is 13.7. The number of benzene rings is 2. The molecule has 0 saturated carbocycles. The lowest BCUT2D eigenvalue weighted by Crippen LogP contribution is -2.47. The molecule has 0 bridgehead atoms. The molecular formula is C22H20FN3OS. The summed E-state index contributed by atoms with van der Waals surface area (Å²) < 4.78 is 13.7. The maximum absolute atomic E-state index is 13.7. The predicted octanol–water partition coefficient (Wildman–Crippen LogP) is 4.66. The van der Waals surface area contributed by atoms with Gasteiger partial charge in [0.1, 0.15) is 5.82 Å². The molecule has 1 atom stereocenters. The zero-order valence-electron chi connectivity index (χ0n) is 15.8. The van der Waals surface area contributed by atoms with Crippen LogP contribution in [0.1, 0.15) is 29.0 Å². The number of aryl methyl sites for hydroxylation is 2. The van der Waals surface area contributed by atoms with Crippen LogP contribution in [-0.2, 0) is 4.79 Å². The van der Waals surface area contributed by atoms with Crippen LogP contribution in [0.5, 0.6) is 0 Å². The predicted molar refractivity (Wildman–Crippen MR) is 109 cm³/mol.